The Morgan fingerprint density at radius 1 is 1.32 bits per heavy atom. The van der Waals surface area contributed by atoms with Gasteiger partial charge >= 0.3 is 0 Å². The number of nitriles is 1. The minimum absolute atomic E-state index is 0.0483. The highest BCUT2D eigenvalue weighted by molar-refractivity contribution is 5.93. The lowest BCUT2D eigenvalue weighted by atomic mass is 9.52. The molecular formula is C20H27N3O2. The van der Waals surface area contributed by atoms with E-state index in [-0.39, 0.29) is 17.4 Å². The van der Waals surface area contributed by atoms with Crippen LogP contribution in [0.25, 0.3) is 0 Å². The van der Waals surface area contributed by atoms with E-state index in [1.54, 1.807) is 6.07 Å². The van der Waals surface area contributed by atoms with Gasteiger partial charge in [-0.3, -0.25) is 4.79 Å². The molecule has 25 heavy (non-hydrogen) atoms. The molecule has 0 spiro atoms. The van der Waals surface area contributed by atoms with E-state index in [0.717, 1.165) is 42.8 Å². The molecule has 5 nitrogen and oxygen atoms in total. The summed E-state index contributed by atoms with van der Waals surface area (Å²) in [5.74, 6) is 3.18. The van der Waals surface area contributed by atoms with Crippen LogP contribution in [0.2, 0.25) is 0 Å². The Morgan fingerprint density at radius 2 is 1.92 bits per heavy atom. The smallest absolute Gasteiger partial charge is 0.276 e. The molecule has 5 heteroatoms. The minimum atomic E-state index is -0.0559. The van der Waals surface area contributed by atoms with Crippen molar-refractivity contribution in [3.8, 4) is 6.07 Å². The number of carbonyl (C=O) groups is 1. The first-order valence-electron chi connectivity index (χ1n) is 9.66. The van der Waals surface area contributed by atoms with Gasteiger partial charge in [0.25, 0.3) is 5.91 Å². The van der Waals surface area contributed by atoms with Crippen molar-refractivity contribution in [3.05, 3.63) is 17.5 Å². The van der Waals surface area contributed by atoms with Gasteiger partial charge < -0.3 is 9.42 Å². The van der Waals surface area contributed by atoms with Crippen LogP contribution in [0, 0.1) is 29.1 Å². The molecule has 1 aromatic rings. The van der Waals surface area contributed by atoms with Gasteiger partial charge in [0.1, 0.15) is 5.76 Å². The molecule has 0 atom stereocenters. The lowest BCUT2D eigenvalue weighted by molar-refractivity contribution is -0.0743. The van der Waals surface area contributed by atoms with Crippen molar-refractivity contribution in [2.75, 3.05) is 6.54 Å². The van der Waals surface area contributed by atoms with Crippen molar-refractivity contribution < 1.29 is 9.32 Å². The fourth-order valence-corrected chi connectivity index (χ4v) is 5.91. The lowest BCUT2D eigenvalue weighted by Crippen LogP contribution is -2.61. The Labute approximate surface area is 149 Å². The predicted molar refractivity (Wildman–Crippen MR) is 92.8 cm³/mol. The third kappa shape index (κ3) is 2.86. The summed E-state index contributed by atoms with van der Waals surface area (Å²) in [4.78, 5) is 15.3. The molecule has 4 bridgehead atoms. The van der Waals surface area contributed by atoms with Crippen molar-refractivity contribution in [2.45, 2.75) is 70.3 Å². The molecule has 4 saturated carbocycles. The van der Waals surface area contributed by atoms with Crippen LogP contribution < -0.4 is 0 Å². The summed E-state index contributed by atoms with van der Waals surface area (Å²) >= 11 is 0. The number of rotatable bonds is 5. The Balaban J connectivity index is 1.63. The van der Waals surface area contributed by atoms with Crippen molar-refractivity contribution in [1.82, 2.24) is 10.1 Å². The van der Waals surface area contributed by atoms with Gasteiger partial charge in [0.15, 0.2) is 5.69 Å². The molecule has 0 aromatic carbocycles. The van der Waals surface area contributed by atoms with Crippen LogP contribution in [-0.2, 0) is 0 Å². The molecule has 0 aliphatic heterocycles. The second kappa shape index (κ2) is 6.16. The quantitative estimate of drug-likeness (QED) is 0.807. The molecule has 5 rings (SSSR count). The van der Waals surface area contributed by atoms with Gasteiger partial charge in [-0.15, -0.1) is 0 Å². The zero-order valence-corrected chi connectivity index (χ0v) is 15.2. The fourth-order valence-electron chi connectivity index (χ4n) is 5.91. The zero-order valence-electron chi connectivity index (χ0n) is 15.2. The molecule has 1 amide bonds. The molecule has 4 aliphatic carbocycles. The third-order valence-electron chi connectivity index (χ3n) is 6.59. The van der Waals surface area contributed by atoms with Crippen LogP contribution in [0.4, 0.5) is 0 Å². The van der Waals surface area contributed by atoms with Gasteiger partial charge in [0, 0.05) is 24.1 Å². The molecule has 1 heterocycles. The maximum Gasteiger partial charge on any atom is 0.276 e. The number of hydrogen-bond donors (Lipinski definition) is 0. The highest BCUT2D eigenvalue weighted by Crippen LogP contribution is 2.58. The van der Waals surface area contributed by atoms with Gasteiger partial charge in [-0.25, -0.2) is 0 Å². The van der Waals surface area contributed by atoms with E-state index in [4.69, 9.17) is 9.78 Å². The van der Waals surface area contributed by atoms with E-state index >= 15 is 0 Å². The monoisotopic (exact) mass is 341 g/mol. The van der Waals surface area contributed by atoms with Crippen molar-refractivity contribution in [3.63, 3.8) is 0 Å². The van der Waals surface area contributed by atoms with Gasteiger partial charge in [-0.2, -0.15) is 5.26 Å². The molecular weight excluding hydrogens is 314 g/mol. The minimum Gasteiger partial charge on any atom is -0.360 e. The first-order chi connectivity index (χ1) is 12.0. The number of nitrogens with zero attached hydrogens (tertiary/aromatic N) is 3. The summed E-state index contributed by atoms with van der Waals surface area (Å²) in [6.07, 6.45) is 7.69. The van der Waals surface area contributed by atoms with E-state index < -0.39 is 0 Å². The maximum absolute atomic E-state index is 13.3. The molecule has 4 fully saturated rings. The van der Waals surface area contributed by atoms with Crippen molar-refractivity contribution in [1.29, 1.82) is 5.26 Å². The van der Waals surface area contributed by atoms with E-state index in [1.165, 1.54) is 19.3 Å². The summed E-state index contributed by atoms with van der Waals surface area (Å²) in [6, 6.07) is 4.01. The average molecular weight is 341 g/mol. The van der Waals surface area contributed by atoms with Crippen LogP contribution in [0.3, 0.4) is 0 Å². The van der Waals surface area contributed by atoms with Crippen LogP contribution in [0.5, 0.6) is 0 Å². The summed E-state index contributed by atoms with van der Waals surface area (Å²) in [5, 5.41) is 13.1. The Bertz CT molecular complexity index is 665. The second-order valence-corrected chi connectivity index (χ2v) is 8.78. The van der Waals surface area contributed by atoms with Crippen LogP contribution in [0.15, 0.2) is 10.6 Å². The van der Waals surface area contributed by atoms with E-state index in [0.29, 0.717) is 18.7 Å². The van der Waals surface area contributed by atoms with Crippen LogP contribution in [0.1, 0.15) is 81.0 Å². The highest BCUT2D eigenvalue weighted by Gasteiger charge is 2.54. The van der Waals surface area contributed by atoms with Crippen LogP contribution >= 0.6 is 0 Å². The van der Waals surface area contributed by atoms with E-state index in [9.17, 15) is 4.79 Å². The summed E-state index contributed by atoms with van der Waals surface area (Å²) in [5.41, 5.74) is 0.344. The second-order valence-electron chi connectivity index (χ2n) is 8.78. The summed E-state index contributed by atoms with van der Waals surface area (Å²) in [7, 11) is 0. The van der Waals surface area contributed by atoms with E-state index in [1.807, 2.05) is 18.7 Å². The first kappa shape index (κ1) is 16.6. The lowest BCUT2D eigenvalue weighted by Gasteiger charge is -2.60. The molecule has 1 aromatic heterocycles. The SMILES string of the molecule is CC(C)c1cc(C(=O)N(CCC#N)C23CC4CC(CC(C4)C2)C3)no1. The van der Waals surface area contributed by atoms with E-state index in [2.05, 4.69) is 11.2 Å². The number of carbonyl (C=O) groups excluding carboxylic acids is 1. The Hall–Kier alpha value is -1.83. The Kier molecular flexibility index (Phi) is 4.10. The van der Waals surface area contributed by atoms with Crippen molar-refractivity contribution >= 4 is 5.91 Å². The standard InChI is InChI=1S/C20H27N3O2/c1-13(2)18-9-17(22-25-18)19(24)23(5-3-4-21)20-10-14-6-15(11-20)8-16(7-14)12-20/h9,13-16H,3,5-8,10-12H2,1-2H3. The zero-order chi connectivity index (χ0) is 17.6. The topological polar surface area (TPSA) is 70.1 Å². The summed E-state index contributed by atoms with van der Waals surface area (Å²) < 4.78 is 5.36. The van der Waals surface area contributed by atoms with Gasteiger partial charge in [0.05, 0.1) is 12.5 Å². The largest absolute Gasteiger partial charge is 0.360 e. The predicted octanol–water partition coefficient (Wildman–Crippen LogP) is 4.12. The van der Waals surface area contributed by atoms with Gasteiger partial charge in [0.2, 0.25) is 0 Å². The van der Waals surface area contributed by atoms with Crippen LogP contribution in [-0.4, -0.2) is 28.0 Å². The first-order valence-corrected chi connectivity index (χ1v) is 9.66. The highest BCUT2D eigenvalue weighted by atomic mass is 16.5. The van der Waals surface area contributed by atoms with Crippen molar-refractivity contribution in [2.24, 2.45) is 17.8 Å². The number of amides is 1. The average Bonchev–Trinajstić information content (AvgIpc) is 3.03. The molecule has 4 aliphatic rings. The molecule has 0 unspecified atom stereocenters. The third-order valence-corrected chi connectivity index (χ3v) is 6.59. The van der Waals surface area contributed by atoms with Gasteiger partial charge in [-0.1, -0.05) is 19.0 Å². The van der Waals surface area contributed by atoms with Gasteiger partial charge in [-0.05, 0) is 56.3 Å². The Morgan fingerprint density at radius 3 is 2.40 bits per heavy atom. The molecule has 134 valence electrons. The maximum atomic E-state index is 13.3. The normalized spacial score (nSPS) is 32.8. The number of aromatic nitrogens is 1. The molecule has 0 saturated heterocycles. The molecule has 0 N–H and O–H groups in total. The summed E-state index contributed by atoms with van der Waals surface area (Å²) in [6.45, 7) is 4.56. The fraction of sp³-hybridized carbons (Fsp3) is 0.750. The molecule has 0 radical (unpaired) electrons. The number of hydrogen-bond acceptors (Lipinski definition) is 4.